The van der Waals surface area contributed by atoms with Crippen LogP contribution in [0.5, 0.6) is 5.75 Å². The van der Waals surface area contributed by atoms with E-state index in [9.17, 15) is 25.2 Å². The van der Waals surface area contributed by atoms with Crippen molar-refractivity contribution in [3.63, 3.8) is 0 Å². The molecule has 2 aromatic carbocycles. The van der Waals surface area contributed by atoms with Gasteiger partial charge in [-0.15, -0.1) is 0 Å². The SMILES string of the molecule is CC1(C)SC(=S)N(/N=C/c2ccccc2O)C1N(O)C(=O)Nc1ccc([N+](=O)[O-])cc1. The molecule has 0 bridgehead atoms. The lowest BCUT2D eigenvalue weighted by atomic mass is 10.1. The second kappa shape index (κ2) is 8.88. The van der Waals surface area contributed by atoms with Gasteiger partial charge in [-0.25, -0.2) is 9.80 Å². The average Bonchev–Trinajstić information content (AvgIpc) is 2.94. The molecule has 1 aliphatic heterocycles. The summed E-state index contributed by atoms with van der Waals surface area (Å²) in [6.45, 7) is 3.60. The molecule has 2 aromatic rings. The van der Waals surface area contributed by atoms with Gasteiger partial charge in [0.25, 0.3) is 5.69 Å². The quantitative estimate of drug-likeness (QED) is 0.200. The van der Waals surface area contributed by atoms with Crippen LogP contribution in [0.2, 0.25) is 0 Å². The molecule has 10 nitrogen and oxygen atoms in total. The molecule has 1 unspecified atom stereocenters. The third kappa shape index (κ3) is 4.93. The van der Waals surface area contributed by atoms with E-state index in [0.717, 1.165) is 0 Å². The zero-order chi connectivity index (χ0) is 22.8. The van der Waals surface area contributed by atoms with Crippen LogP contribution in [-0.4, -0.2) is 52.8 Å². The Balaban J connectivity index is 1.80. The number of hydroxylamine groups is 2. The first-order chi connectivity index (χ1) is 14.6. The van der Waals surface area contributed by atoms with Crippen LogP contribution < -0.4 is 5.32 Å². The zero-order valence-electron chi connectivity index (χ0n) is 16.5. The van der Waals surface area contributed by atoms with Gasteiger partial charge in [-0.3, -0.25) is 15.3 Å². The minimum atomic E-state index is -0.954. The molecule has 12 heteroatoms. The van der Waals surface area contributed by atoms with Gasteiger partial charge in [-0.2, -0.15) is 10.2 Å². The van der Waals surface area contributed by atoms with Gasteiger partial charge >= 0.3 is 6.03 Å². The van der Waals surface area contributed by atoms with Crippen LogP contribution >= 0.6 is 24.0 Å². The molecule has 0 saturated carbocycles. The van der Waals surface area contributed by atoms with Crippen molar-refractivity contribution in [1.29, 1.82) is 0 Å². The summed E-state index contributed by atoms with van der Waals surface area (Å²) >= 11 is 6.63. The van der Waals surface area contributed by atoms with Crippen molar-refractivity contribution in [2.45, 2.75) is 24.8 Å². The molecular weight excluding hydrogens is 442 g/mol. The molecule has 0 aliphatic carbocycles. The van der Waals surface area contributed by atoms with E-state index in [0.29, 0.717) is 14.9 Å². The molecule has 2 amide bonds. The van der Waals surface area contributed by atoms with E-state index >= 15 is 0 Å². The number of nitro groups is 1. The van der Waals surface area contributed by atoms with E-state index in [1.54, 1.807) is 32.0 Å². The standard InChI is InChI=1S/C19H19N5O5S2/c1-19(2)16(22(18(30)31-19)20-11-12-5-3-4-6-15(12)25)23(27)17(26)21-13-7-9-14(10-8-13)24(28)29/h3-11,16,25,27H,1-2H3,(H,21,26)/b20-11+. The summed E-state index contributed by atoms with van der Waals surface area (Å²) in [7, 11) is 0. The predicted molar refractivity (Wildman–Crippen MR) is 121 cm³/mol. The molecule has 0 spiro atoms. The minimum Gasteiger partial charge on any atom is -0.507 e. The minimum absolute atomic E-state index is 0.0246. The number of carbonyl (C=O) groups is 1. The third-order valence-electron chi connectivity index (χ3n) is 4.42. The summed E-state index contributed by atoms with van der Waals surface area (Å²) in [6, 6.07) is 10.9. The van der Waals surface area contributed by atoms with Crippen molar-refractivity contribution in [1.82, 2.24) is 10.1 Å². The van der Waals surface area contributed by atoms with Crippen LogP contribution in [0.3, 0.4) is 0 Å². The van der Waals surface area contributed by atoms with E-state index in [2.05, 4.69) is 10.4 Å². The number of amides is 2. The molecule has 1 fully saturated rings. The lowest BCUT2D eigenvalue weighted by Gasteiger charge is -2.34. The summed E-state index contributed by atoms with van der Waals surface area (Å²) in [5, 5.41) is 39.9. The summed E-state index contributed by atoms with van der Waals surface area (Å²) in [5.41, 5.74) is 0.589. The number of aromatic hydroxyl groups is 1. The molecule has 3 rings (SSSR count). The fourth-order valence-electron chi connectivity index (χ4n) is 2.91. The number of rotatable bonds is 5. The molecule has 1 saturated heterocycles. The van der Waals surface area contributed by atoms with Crippen molar-refractivity contribution in [3.05, 3.63) is 64.2 Å². The fourth-order valence-corrected chi connectivity index (χ4v) is 4.69. The number of non-ortho nitro benzene ring substituents is 1. The summed E-state index contributed by atoms with van der Waals surface area (Å²) < 4.78 is -0.377. The van der Waals surface area contributed by atoms with Gasteiger partial charge in [-0.05, 0) is 38.1 Å². The normalized spacial score (nSPS) is 17.7. The Labute approximate surface area is 187 Å². The number of carbonyl (C=O) groups excluding carboxylic acids is 1. The van der Waals surface area contributed by atoms with Crippen LogP contribution in [0.1, 0.15) is 19.4 Å². The van der Waals surface area contributed by atoms with E-state index in [4.69, 9.17) is 12.2 Å². The Hall–Kier alpha value is -3.22. The molecule has 1 heterocycles. The number of hydrazone groups is 1. The number of benzene rings is 2. The van der Waals surface area contributed by atoms with Gasteiger partial charge in [-0.1, -0.05) is 36.1 Å². The van der Waals surface area contributed by atoms with Crippen LogP contribution in [0.25, 0.3) is 0 Å². The highest BCUT2D eigenvalue weighted by Crippen LogP contribution is 2.42. The van der Waals surface area contributed by atoms with Crippen LogP contribution in [0.4, 0.5) is 16.2 Å². The molecule has 3 N–H and O–H groups in total. The Bertz CT molecular complexity index is 1040. The fraction of sp³-hybridized carbons (Fsp3) is 0.211. The van der Waals surface area contributed by atoms with E-state index < -0.39 is 21.9 Å². The van der Waals surface area contributed by atoms with Gasteiger partial charge < -0.3 is 10.4 Å². The lowest BCUT2D eigenvalue weighted by molar-refractivity contribution is -0.384. The number of hydrogen-bond donors (Lipinski definition) is 3. The predicted octanol–water partition coefficient (Wildman–Crippen LogP) is 4.00. The first kappa shape index (κ1) is 22.5. The molecule has 0 radical (unpaired) electrons. The Kier molecular flexibility index (Phi) is 6.43. The Morgan fingerprint density at radius 3 is 2.58 bits per heavy atom. The van der Waals surface area contributed by atoms with Gasteiger partial charge in [0.15, 0.2) is 10.5 Å². The maximum absolute atomic E-state index is 12.6. The van der Waals surface area contributed by atoms with E-state index in [1.807, 2.05) is 0 Å². The molecule has 1 aliphatic rings. The lowest BCUT2D eigenvalue weighted by Crippen LogP contribution is -2.54. The Morgan fingerprint density at radius 2 is 1.97 bits per heavy atom. The highest BCUT2D eigenvalue weighted by atomic mass is 32.2. The van der Waals surface area contributed by atoms with E-state index in [1.165, 1.54) is 53.3 Å². The third-order valence-corrected chi connectivity index (χ3v) is 5.95. The molecule has 0 aromatic heterocycles. The molecule has 162 valence electrons. The molecular formula is C19H19N5O5S2. The number of nitrogens with one attached hydrogen (secondary N) is 1. The summed E-state index contributed by atoms with van der Waals surface area (Å²) in [4.78, 5) is 22.9. The maximum Gasteiger partial charge on any atom is 0.347 e. The van der Waals surface area contributed by atoms with Crippen molar-refractivity contribution < 1.29 is 20.0 Å². The highest BCUT2D eigenvalue weighted by Gasteiger charge is 2.50. The first-order valence-electron chi connectivity index (χ1n) is 8.98. The van der Waals surface area contributed by atoms with Crippen molar-refractivity contribution in [2.75, 3.05) is 5.32 Å². The number of anilines is 1. The number of para-hydroxylation sites is 1. The average molecular weight is 462 g/mol. The number of nitro benzene ring substituents is 1. The van der Waals surface area contributed by atoms with Crippen LogP contribution in [-0.2, 0) is 0 Å². The van der Waals surface area contributed by atoms with Crippen molar-refractivity contribution >= 4 is 51.9 Å². The number of thioether (sulfide) groups is 1. The van der Waals surface area contributed by atoms with Gasteiger partial charge in [0.05, 0.1) is 15.9 Å². The number of hydrogen-bond acceptors (Lipinski definition) is 8. The topological polar surface area (TPSA) is 132 Å². The smallest absolute Gasteiger partial charge is 0.347 e. The van der Waals surface area contributed by atoms with Gasteiger partial charge in [0, 0.05) is 23.4 Å². The number of thiocarbonyl (C=S) groups is 1. The van der Waals surface area contributed by atoms with Crippen molar-refractivity contribution in [2.24, 2.45) is 5.10 Å². The number of nitrogens with zero attached hydrogens (tertiary/aromatic N) is 4. The number of urea groups is 1. The maximum atomic E-state index is 12.6. The number of phenolic OH excluding ortho intramolecular Hbond substituents is 1. The molecule has 1 atom stereocenters. The largest absolute Gasteiger partial charge is 0.507 e. The Morgan fingerprint density at radius 1 is 1.32 bits per heavy atom. The highest BCUT2D eigenvalue weighted by molar-refractivity contribution is 8.24. The molecule has 31 heavy (non-hydrogen) atoms. The van der Waals surface area contributed by atoms with Crippen LogP contribution in [0.15, 0.2) is 53.6 Å². The summed E-state index contributed by atoms with van der Waals surface area (Å²) in [5.74, 6) is 0.0246. The zero-order valence-corrected chi connectivity index (χ0v) is 18.1. The van der Waals surface area contributed by atoms with Gasteiger partial charge in [0.1, 0.15) is 5.75 Å². The second-order valence-electron chi connectivity index (χ2n) is 7.07. The van der Waals surface area contributed by atoms with Crippen molar-refractivity contribution in [3.8, 4) is 5.75 Å². The number of phenols is 1. The second-order valence-corrected chi connectivity index (χ2v) is 9.36. The van der Waals surface area contributed by atoms with Gasteiger partial charge in [0.2, 0.25) is 0 Å². The first-order valence-corrected chi connectivity index (χ1v) is 10.2. The van der Waals surface area contributed by atoms with Crippen LogP contribution in [0, 0.1) is 10.1 Å². The summed E-state index contributed by atoms with van der Waals surface area (Å²) in [6.07, 6.45) is 0.434. The van der Waals surface area contributed by atoms with E-state index in [-0.39, 0.29) is 17.1 Å². The monoisotopic (exact) mass is 461 g/mol.